The number of aliphatic hydroxyl groups is 2. The second-order valence-corrected chi connectivity index (χ2v) is 12.7. The molecule has 4 rings (SSSR count). The van der Waals surface area contributed by atoms with Gasteiger partial charge in [-0.2, -0.15) is 0 Å². The van der Waals surface area contributed by atoms with E-state index in [2.05, 4.69) is 34.6 Å². The molecule has 0 aromatic rings. The maximum Gasteiger partial charge on any atom is 0.0563 e. The fourth-order valence-corrected chi connectivity index (χ4v) is 9.18. The number of rotatable bonds is 5. The number of fused-ring (bicyclic) bond motifs is 5. The minimum atomic E-state index is -0.130. The van der Waals surface area contributed by atoms with Crippen LogP contribution in [-0.2, 0) is 0 Å². The molecule has 0 radical (unpaired) electrons. The summed E-state index contributed by atoms with van der Waals surface area (Å²) in [5.74, 6) is 5.51. The summed E-state index contributed by atoms with van der Waals surface area (Å²) in [5, 5.41) is 20.6. The summed E-state index contributed by atoms with van der Waals surface area (Å²) in [4.78, 5) is 0. The van der Waals surface area contributed by atoms with E-state index in [-0.39, 0.29) is 12.2 Å². The smallest absolute Gasteiger partial charge is 0.0563 e. The molecule has 2 heteroatoms. The third-order valence-corrected chi connectivity index (χ3v) is 11.1. The fraction of sp³-hybridized carbons (Fsp3) is 1.00. The Morgan fingerprint density at radius 2 is 1.52 bits per heavy atom. The van der Waals surface area contributed by atoms with Gasteiger partial charge < -0.3 is 10.2 Å². The second kappa shape index (κ2) is 8.12. The SMILES string of the molecule is CC(C)C(O)CC[C@@H](C)[C@H]1CC[C@H]2[C@H]3CCC4C[C@@H](O)CC[C@@]4(C)[C@H]3CC[C@]12C. The van der Waals surface area contributed by atoms with Crippen molar-refractivity contribution in [2.75, 3.05) is 0 Å². The lowest BCUT2D eigenvalue weighted by molar-refractivity contribution is -0.129. The molecule has 10 atom stereocenters. The average molecular weight is 405 g/mol. The average Bonchev–Trinajstić information content (AvgIpc) is 3.03. The van der Waals surface area contributed by atoms with E-state index in [4.69, 9.17) is 0 Å². The van der Waals surface area contributed by atoms with Crippen LogP contribution < -0.4 is 0 Å². The van der Waals surface area contributed by atoms with Crippen LogP contribution in [0.4, 0.5) is 0 Å². The highest BCUT2D eigenvalue weighted by atomic mass is 16.3. The third kappa shape index (κ3) is 3.73. The van der Waals surface area contributed by atoms with Crippen molar-refractivity contribution in [2.45, 2.75) is 117 Å². The largest absolute Gasteiger partial charge is 0.393 e. The molecule has 0 amide bonds. The van der Waals surface area contributed by atoms with E-state index in [1.54, 1.807) is 0 Å². The number of aliphatic hydroxyl groups excluding tert-OH is 2. The van der Waals surface area contributed by atoms with Gasteiger partial charge in [-0.3, -0.25) is 0 Å². The summed E-state index contributed by atoms with van der Waals surface area (Å²) in [5.41, 5.74) is 1.02. The zero-order valence-corrected chi connectivity index (χ0v) is 19.9. The first-order valence-corrected chi connectivity index (χ1v) is 13.0. The van der Waals surface area contributed by atoms with Crippen molar-refractivity contribution < 1.29 is 10.2 Å². The Hall–Kier alpha value is -0.0800. The minimum absolute atomic E-state index is 0.0311. The van der Waals surface area contributed by atoms with Crippen LogP contribution in [0, 0.1) is 52.3 Å². The van der Waals surface area contributed by atoms with Crippen LogP contribution in [0.25, 0.3) is 0 Å². The van der Waals surface area contributed by atoms with Gasteiger partial charge in [0.25, 0.3) is 0 Å². The lowest BCUT2D eigenvalue weighted by Crippen LogP contribution is -2.54. The summed E-state index contributed by atoms with van der Waals surface area (Å²) in [6.07, 6.45) is 13.9. The van der Waals surface area contributed by atoms with Crippen LogP contribution in [0.2, 0.25) is 0 Å². The lowest BCUT2D eigenvalue weighted by atomic mass is 9.44. The van der Waals surface area contributed by atoms with Crippen molar-refractivity contribution in [2.24, 2.45) is 52.3 Å². The van der Waals surface area contributed by atoms with Crippen molar-refractivity contribution in [3.63, 3.8) is 0 Å². The van der Waals surface area contributed by atoms with E-state index < -0.39 is 0 Å². The molecular formula is C27H48O2. The van der Waals surface area contributed by atoms with Gasteiger partial charge in [0.1, 0.15) is 0 Å². The predicted molar refractivity (Wildman–Crippen MR) is 120 cm³/mol. The van der Waals surface area contributed by atoms with Crippen molar-refractivity contribution in [3.8, 4) is 0 Å². The second-order valence-electron chi connectivity index (χ2n) is 12.7. The van der Waals surface area contributed by atoms with Crippen LogP contribution in [0.15, 0.2) is 0 Å². The Labute approximate surface area is 180 Å². The first-order chi connectivity index (χ1) is 13.7. The van der Waals surface area contributed by atoms with E-state index in [9.17, 15) is 10.2 Å². The molecule has 0 aromatic heterocycles. The Bertz CT molecular complexity index is 573. The van der Waals surface area contributed by atoms with Gasteiger partial charge in [0.05, 0.1) is 12.2 Å². The summed E-state index contributed by atoms with van der Waals surface area (Å²) >= 11 is 0. The monoisotopic (exact) mass is 404 g/mol. The van der Waals surface area contributed by atoms with Crippen molar-refractivity contribution >= 4 is 0 Å². The van der Waals surface area contributed by atoms with Crippen molar-refractivity contribution in [1.82, 2.24) is 0 Å². The van der Waals surface area contributed by atoms with E-state index in [1.165, 1.54) is 51.4 Å². The van der Waals surface area contributed by atoms with E-state index in [0.29, 0.717) is 16.7 Å². The summed E-state index contributed by atoms with van der Waals surface area (Å²) in [7, 11) is 0. The Kier molecular flexibility index (Phi) is 6.19. The van der Waals surface area contributed by atoms with Crippen LogP contribution in [-0.4, -0.2) is 22.4 Å². The fourth-order valence-electron chi connectivity index (χ4n) is 9.18. The first kappa shape index (κ1) is 22.1. The molecule has 2 N–H and O–H groups in total. The molecule has 4 saturated carbocycles. The quantitative estimate of drug-likeness (QED) is 0.553. The highest BCUT2D eigenvalue weighted by Crippen LogP contribution is 2.68. The summed E-state index contributed by atoms with van der Waals surface area (Å²) < 4.78 is 0. The van der Waals surface area contributed by atoms with Gasteiger partial charge in [0.2, 0.25) is 0 Å². The Balaban J connectivity index is 1.46. The molecule has 2 unspecified atom stereocenters. The molecular weight excluding hydrogens is 356 g/mol. The molecule has 0 heterocycles. The number of hydrogen-bond donors (Lipinski definition) is 2. The van der Waals surface area contributed by atoms with Gasteiger partial charge in [-0.15, -0.1) is 0 Å². The molecule has 168 valence electrons. The first-order valence-electron chi connectivity index (χ1n) is 13.0. The van der Waals surface area contributed by atoms with Gasteiger partial charge in [-0.05, 0) is 123 Å². The van der Waals surface area contributed by atoms with Gasteiger partial charge in [-0.25, -0.2) is 0 Å². The highest BCUT2D eigenvalue weighted by molar-refractivity contribution is 5.09. The van der Waals surface area contributed by atoms with Gasteiger partial charge in [-0.1, -0.05) is 34.6 Å². The molecule has 29 heavy (non-hydrogen) atoms. The van der Waals surface area contributed by atoms with Gasteiger partial charge in [0, 0.05) is 0 Å². The Morgan fingerprint density at radius 3 is 2.24 bits per heavy atom. The standard InChI is InChI=1S/C27H48O2/c1-17(2)25(29)11-6-18(3)22-9-10-23-21-8-7-19-16-20(28)12-14-26(19,4)24(21)13-15-27(22,23)5/h17-25,28-29H,6-16H2,1-5H3/t18-,19?,20+,21-,22-,23+,24+,25?,26-,27-/m1/s1. The van der Waals surface area contributed by atoms with Crippen LogP contribution in [0.1, 0.15) is 105 Å². The topological polar surface area (TPSA) is 40.5 Å². The molecule has 0 spiro atoms. The molecule has 2 nitrogen and oxygen atoms in total. The normalized spacial score (nSPS) is 49.2. The molecule has 4 aliphatic carbocycles. The molecule has 4 fully saturated rings. The van der Waals surface area contributed by atoms with E-state index in [1.807, 2.05) is 0 Å². The van der Waals surface area contributed by atoms with Crippen LogP contribution in [0.5, 0.6) is 0 Å². The van der Waals surface area contributed by atoms with Crippen LogP contribution >= 0.6 is 0 Å². The predicted octanol–water partition coefficient (Wildman–Crippen LogP) is 6.44. The summed E-state index contributed by atoms with van der Waals surface area (Å²) in [6.45, 7) is 12.0. The van der Waals surface area contributed by atoms with Crippen LogP contribution in [0.3, 0.4) is 0 Å². The van der Waals surface area contributed by atoms with E-state index >= 15 is 0 Å². The third-order valence-electron chi connectivity index (χ3n) is 11.1. The minimum Gasteiger partial charge on any atom is -0.393 e. The number of hydrogen-bond acceptors (Lipinski definition) is 2. The van der Waals surface area contributed by atoms with Gasteiger partial charge >= 0.3 is 0 Å². The Morgan fingerprint density at radius 1 is 0.828 bits per heavy atom. The molecule has 0 saturated heterocycles. The maximum atomic E-state index is 10.3. The molecule has 0 aliphatic heterocycles. The van der Waals surface area contributed by atoms with Crippen molar-refractivity contribution in [1.29, 1.82) is 0 Å². The van der Waals surface area contributed by atoms with Crippen molar-refractivity contribution in [3.05, 3.63) is 0 Å². The summed E-state index contributed by atoms with van der Waals surface area (Å²) in [6, 6.07) is 0. The molecule has 0 aromatic carbocycles. The maximum absolute atomic E-state index is 10.3. The zero-order chi connectivity index (χ0) is 21.0. The zero-order valence-electron chi connectivity index (χ0n) is 19.9. The lowest BCUT2D eigenvalue weighted by Gasteiger charge is -2.61. The molecule has 0 bridgehead atoms. The van der Waals surface area contributed by atoms with Gasteiger partial charge in [0.15, 0.2) is 0 Å². The highest BCUT2D eigenvalue weighted by Gasteiger charge is 2.60. The van der Waals surface area contributed by atoms with E-state index in [0.717, 1.165) is 54.8 Å². The molecule has 4 aliphatic rings.